The smallest absolute Gasteiger partial charge is 0.304 e. The van der Waals surface area contributed by atoms with Crippen molar-refractivity contribution in [1.29, 1.82) is 5.26 Å². The van der Waals surface area contributed by atoms with E-state index in [9.17, 15) is 28.4 Å². The van der Waals surface area contributed by atoms with Crippen LogP contribution < -0.4 is 5.32 Å². The second kappa shape index (κ2) is 13.3. The van der Waals surface area contributed by atoms with Crippen LogP contribution in [-0.2, 0) is 27.0 Å². The number of thiol groups is 1. The van der Waals surface area contributed by atoms with Gasteiger partial charge in [-0.3, -0.25) is 9.59 Å². The number of hydrogen-bond acceptors (Lipinski definition) is 5. The highest BCUT2D eigenvalue weighted by Crippen LogP contribution is 2.51. The van der Waals surface area contributed by atoms with E-state index in [0.717, 1.165) is 16.7 Å². The summed E-state index contributed by atoms with van der Waals surface area (Å²) in [5.74, 6) is -1.74. The van der Waals surface area contributed by atoms with Crippen LogP contribution in [-0.4, -0.2) is 41.8 Å². The van der Waals surface area contributed by atoms with Gasteiger partial charge in [-0.2, -0.15) is 9.57 Å². The van der Waals surface area contributed by atoms with Crippen molar-refractivity contribution >= 4 is 46.0 Å². The molecule has 3 aromatic carbocycles. The molecule has 5 rings (SSSR count). The third-order valence-electron chi connectivity index (χ3n) is 8.96. The van der Waals surface area contributed by atoms with Gasteiger partial charge in [0.2, 0.25) is 16.8 Å². The van der Waals surface area contributed by atoms with Crippen molar-refractivity contribution in [2.45, 2.75) is 63.1 Å². The first kappa shape index (κ1) is 32.0. The molecule has 8 nitrogen and oxygen atoms in total. The topological polar surface area (TPSA) is 128 Å². The maximum atomic E-state index is 13.4. The zero-order valence-electron chi connectivity index (χ0n) is 24.0. The minimum Gasteiger partial charge on any atom is -0.481 e. The van der Waals surface area contributed by atoms with Gasteiger partial charge >= 0.3 is 5.97 Å². The largest absolute Gasteiger partial charge is 0.481 e. The number of nitrogens with one attached hydrogen (secondary N) is 1. The van der Waals surface area contributed by atoms with E-state index in [2.05, 4.69) is 11.4 Å². The summed E-state index contributed by atoms with van der Waals surface area (Å²) in [6, 6.07) is 23.3. The zero-order chi connectivity index (χ0) is 31.6. The maximum absolute atomic E-state index is 13.4. The van der Waals surface area contributed by atoms with E-state index in [1.54, 1.807) is 43.3 Å². The molecule has 1 saturated carbocycles. The van der Waals surface area contributed by atoms with E-state index < -0.39 is 22.3 Å². The van der Waals surface area contributed by atoms with Crippen molar-refractivity contribution < 1.29 is 23.1 Å². The Bertz CT molecular complexity index is 1670. The number of carboxylic acids is 1. The number of hydrogen-bond donors (Lipinski definition) is 3. The van der Waals surface area contributed by atoms with Crippen LogP contribution >= 0.6 is 23.2 Å². The van der Waals surface area contributed by atoms with Crippen molar-refractivity contribution in [1.82, 2.24) is 9.62 Å². The lowest BCUT2D eigenvalue weighted by Crippen LogP contribution is -2.54. The summed E-state index contributed by atoms with van der Waals surface area (Å²) in [6.45, 7) is 1.84. The summed E-state index contributed by atoms with van der Waals surface area (Å²) in [5.41, 5.74) is 1.97. The summed E-state index contributed by atoms with van der Waals surface area (Å²) in [5, 5.41) is 23.2. The molecule has 1 saturated heterocycles. The molecule has 0 aromatic heterocycles. The number of halogens is 2. The number of carbonyl (C=O) groups is 2. The van der Waals surface area contributed by atoms with E-state index in [1.165, 1.54) is 4.31 Å². The highest BCUT2D eigenvalue weighted by Gasteiger charge is 2.51. The fourth-order valence-electron chi connectivity index (χ4n) is 6.70. The van der Waals surface area contributed by atoms with Crippen LogP contribution in [0.2, 0.25) is 10.0 Å². The van der Waals surface area contributed by atoms with Crippen LogP contribution in [0, 0.1) is 22.7 Å². The predicted octanol–water partition coefficient (Wildman–Crippen LogP) is 5.91. The number of benzene rings is 3. The molecule has 1 aliphatic heterocycles. The number of carbonyl (C=O) groups excluding carboxylic acids is 1. The van der Waals surface area contributed by atoms with Crippen molar-refractivity contribution in [2.75, 3.05) is 0 Å². The highest BCUT2D eigenvalue weighted by molar-refractivity contribution is 7.69. The van der Waals surface area contributed by atoms with E-state index in [4.69, 9.17) is 23.2 Å². The molecule has 1 aliphatic carbocycles. The first-order valence-corrected chi connectivity index (χ1v) is 16.3. The molecule has 0 radical (unpaired) electrons. The second-order valence-corrected chi connectivity index (χ2v) is 13.9. The van der Waals surface area contributed by atoms with Crippen molar-refractivity contribution in [3.63, 3.8) is 0 Å². The normalized spacial score (nSPS) is 25.3. The number of amides is 1. The fourth-order valence-corrected chi connectivity index (χ4v) is 7.81. The minimum absolute atomic E-state index is 0.0348. The Morgan fingerprint density at radius 2 is 1.84 bits per heavy atom. The molecule has 1 amide bonds. The number of nitrogens with zero attached hydrogens (tertiary/aromatic N) is 2. The van der Waals surface area contributed by atoms with Crippen LogP contribution in [0.15, 0.2) is 72.8 Å². The van der Waals surface area contributed by atoms with E-state index >= 15 is 0 Å². The molecule has 2 aliphatic rings. The molecule has 44 heavy (non-hydrogen) atoms. The Morgan fingerprint density at radius 1 is 1.11 bits per heavy atom. The summed E-state index contributed by atoms with van der Waals surface area (Å²) in [4.78, 5) is 25.2. The van der Waals surface area contributed by atoms with Crippen molar-refractivity contribution in [3.8, 4) is 6.07 Å². The van der Waals surface area contributed by atoms with Crippen LogP contribution in [0.3, 0.4) is 0 Å². The Hall–Kier alpha value is -3.42. The van der Waals surface area contributed by atoms with Crippen molar-refractivity contribution in [2.24, 2.45) is 11.3 Å². The van der Waals surface area contributed by atoms with Gasteiger partial charge in [-0.25, -0.2) is 8.42 Å². The molecule has 6 atom stereocenters. The van der Waals surface area contributed by atoms with Crippen molar-refractivity contribution in [3.05, 3.63) is 105 Å². The van der Waals surface area contributed by atoms with Gasteiger partial charge in [0.25, 0.3) is 0 Å². The summed E-state index contributed by atoms with van der Waals surface area (Å²) >= 11 is 12.6. The number of piperidine rings is 1. The number of carboxylic acid groups (broad SMARTS) is 1. The number of rotatable bonds is 11. The lowest BCUT2D eigenvalue weighted by atomic mass is 9.68. The number of nitriles is 1. The molecule has 2 unspecified atom stereocenters. The zero-order valence-corrected chi connectivity index (χ0v) is 26.4. The Morgan fingerprint density at radius 3 is 2.50 bits per heavy atom. The highest BCUT2D eigenvalue weighted by atomic mass is 35.5. The second-order valence-electron chi connectivity index (χ2n) is 12.1. The van der Waals surface area contributed by atoms with Gasteiger partial charge in [-0.05, 0) is 84.2 Å². The molecule has 3 aromatic rings. The first-order valence-electron chi connectivity index (χ1n) is 14.4. The summed E-state index contributed by atoms with van der Waals surface area (Å²) in [7, 11) is -2.91. The third kappa shape index (κ3) is 7.27. The van der Waals surface area contributed by atoms with E-state index in [0.29, 0.717) is 34.9 Å². The Kier molecular flexibility index (Phi) is 9.66. The summed E-state index contributed by atoms with van der Waals surface area (Å²) < 4.78 is 26.5. The van der Waals surface area contributed by atoms with Gasteiger partial charge < -0.3 is 10.4 Å². The number of aliphatic carboxylic acids is 1. The van der Waals surface area contributed by atoms with Gasteiger partial charge in [0.1, 0.15) is 0 Å². The monoisotopic (exact) mass is 653 g/mol. The third-order valence-corrected chi connectivity index (χ3v) is 10.3. The average molecular weight is 655 g/mol. The Labute approximate surface area is 268 Å². The first-order chi connectivity index (χ1) is 21.0. The maximum Gasteiger partial charge on any atom is 0.304 e. The van der Waals surface area contributed by atoms with Crippen LogP contribution in [0.1, 0.15) is 66.7 Å². The molecular weight excluding hydrogens is 621 g/mol. The molecule has 0 spiro atoms. The molecule has 2 fully saturated rings. The Balaban J connectivity index is 1.47. The van der Waals surface area contributed by atoms with Crippen LogP contribution in [0.4, 0.5) is 0 Å². The van der Waals surface area contributed by atoms with E-state index in [-0.39, 0.29) is 48.7 Å². The SMILES string of the molecule is C[C@@]1(CC(=O)O)C[C@H](c2cccc(Cl)c2)[C@H](C[C@H](c2ccc(Cl)cc2)C2CC2N(Cc2cccc(C#N)c2)[SH](=O)=O)NC1=O. The van der Waals surface area contributed by atoms with Gasteiger partial charge in [0, 0.05) is 34.6 Å². The quantitative estimate of drug-likeness (QED) is 0.221. The van der Waals surface area contributed by atoms with Crippen LogP contribution in [0.5, 0.6) is 0 Å². The molecule has 2 N–H and O–H groups in total. The lowest BCUT2D eigenvalue weighted by molar-refractivity contribution is -0.147. The molecule has 11 heteroatoms. The molecule has 230 valence electrons. The predicted molar refractivity (Wildman–Crippen MR) is 169 cm³/mol. The molecular formula is C33H33Cl2N3O5S. The minimum atomic E-state index is -2.91. The van der Waals surface area contributed by atoms with Crippen LogP contribution in [0.25, 0.3) is 0 Å². The lowest BCUT2D eigenvalue weighted by Gasteiger charge is -2.43. The average Bonchev–Trinajstić information content (AvgIpc) is 3.76. The van der Waals surface area contributed by atoms with E-state index in [1.807, 2.05) is 36.4 Å². The summed E-state index contributed by atoms with van der Waals surface area (Å²) in [6.07, 6.45) is 1.16. The standard InChI is InChI=1S/C33H33Cl2N3O5S/c1-33(17-31(39)40)16-28(23-6-3-7-25(35)13-23)29(37-32(33)41)14-26(22-8-10-24(34)11-9-22)27-15-30(27)38(44(42)43)19-21-5-2-4-20(12-21)18-36/h2-13,26-30,44H,14-17,19H2,1H3,(H,37,41)(H,39,40)/t26-,27?,28-,29+,30?,33+/m1/s1. The van der Waals surface area contributed by atoms with Gasteiger partial charge in [0.05, 0.1) is 23.5 Å². The van der Waals surface area contributed by atoms with Gasteiger partial charge in [-0.1, -0.05) is 66.5 Å². The fraction of sp³-hybridized carbons (Fsp3) is 0.364. The van der Waals surface area contributed by atoms with Gasteiger partial charge in [-0.15, -0.1) is 0 Å². The molecule has 1 heterocycles. The molecule has 0 bridgehead atoms. The van der Waals surface area contributed by atoms with Gasteiger partial charge in [0.15, 0.2) is 0 Å².